The Hall–Kier alpha value is -1.35. The molecule has 4 N–H and O–H groups in total. The summed E-state index contributed by atoms with van der Waals surface area (Å²) in [6.07, 6.45) is -0.115. The second kappa shape index (κ2) is 7.88. The van der Waals surface area contributed by atoms with E-state index in [1.807, 2.05) is 0 Å². The van der Waals surface area contributed by atoms with Crippen LogP contribution in [0, 0.1) is 0 Å². The Morgan fingerprint density at radius 3 is 2.39 bits per heavy atom. The van der Waals surface area contributed by atoms with Gasteiger partial charge in [-0.25, -0.2) is 18.0 Å². The summed E-state index contributed by atoms with van der Waals surface area (Å²) in [7, 11) is -3.17. The van der Waals surface area contributed by atoms with Gasteiger partial charge < -0.3 is 20.8 Å². The van der Waals surface area contributed by atoms with E-state index in [-0.39, 0.29) is 31.1 Å². The molecular formula is C9H18N2O6S. The van der Waals surface area contributed by atoms with Crippen LogP contribution in [0.2, 0.25) is 0 Å². The molecule has 0 saturated heterocycles. The van der Waals surface area contributed by atoms with Crippen LogP contribution in [0.5, 0.6) is 0 Å². The lowest BCUT2D eigenvalue weighted by atomic mass is 10.2. The van der Waals surface area contributed by atoms with E-state index in [0.29, 0.717) is 0 Å². The summed E-state index contributed by atoms with van der Waals surface area (Å²) >= 11 is 0. The van der Waals surface area contributed by atoms with Crippen molar-refractivity contribution in [2.75, 3.05) is 24.7 Å². The second-order valence-corrected chi connectivity index (χ2v) is 6.01. The van der Waals surface area contributed by atoms with Gasteiger partial charge >= 0.3 is 12.0 Å². The van der Waals surface area contributed by atoms with Crippen LogP contribution in [0.4, 0.5) is 4.79 Å². The summed E-state index contributed by atoms with van der Waals surface area (Å²) in [5, 5.41) is 21.7. The fourth-order valence-corrected chi connectivity index (χ4v) is 1.76. The SMILES string of the molecule is CCS(=O)(=O)CCNC(=O)N[C@H](CCO)C(=O)O. The Morgan fingerprint density at radius 1 is 1.33 bits per heavy atom. The summed E-state index contributed by atoms with van der Waals surface area (Å²) in [5.74, 6) is -1.48. The molecule has 0 aromatic carbocycles. The van der Waals surface area contributed by atoms with Gasteiger partial charge in [0, 0.05) is 25.3 Å². The van der Waals surface area contributed by atoms with Gasteiger partial charge in [0.15, 0.2) is 9.84 Å². The first-order chi connectivity index (χ1) is 8.32. The predicted octanol–water partition coefficient (Wildman–Crippen LogP) is -1.44. The van der Waals surface area contributed by atoms with Crippen LogP contribution in [0.15, 0.2) is 0 Å². The first-order valence-corrected chi connectivity index (χ1v) is 7.23. The first-order valence-electron chi connectivity index (χ1n) is 5.41. The zero-order valence-corrected chi connectivity index (χ0v) is 10.9. The first kappa shape index (κ1) is 16.6. The van der Waals surface area contributed by atoms with Crippen LogP contribution in [0.3, 0.4) is 0 Å². The number of aliphatic carboxylic acids is 1. The molecule has 0 aliphatic heterocycles. The Balaban J connectivity index is 4.07. The van der Waals surface area contributed by atoms with E-state index in [1.165, 1.54) is 6.92 Å². The molecular weight excluding hydrogens is 264 g/mol. The lowest BCUT2D eigenvalue weighted by molar-refractivity contribution is -0.139. The summed E-state index contributed by atoms with van der Waals surface area (Å²) in [4.78, 5) is 21.9. The number of sulfone groups is 1. The second-order valence-electron chi connectivity index (χ2n) is 3.54. The van der Waals surface area contributed by atoms with Gasteiger partial charge in [0.1, 0.15) is 6.04 Å². The zero-order valence-electron chi connectivity index (χ0n) is 10.0. The van der Waals surface area contributed by atoms with Crippen molar-refractivity contribution >= 4 is 21.8 Å². The maximum absolute atomic E-state index is 11.2. The number of hydrogen-bond donors (Lipinski definition) is 4. The molecule has 1 atom stereocenters. The van der Waals surface area contributed by atoms with Gasteiger partial charge in [-0.05, 0) is 0 Å². The number of urea groups is 1. The zero-order chi connectivity index (χ0) is 14.2. The van der Waals surface area contributed by atoms with E-state index in [9.17, 15) is 18.0 Å². The third kappa shape index (κ3) is 7.07. The summed E-state index contributed by atoms with van der Waals surface area (Å²) in [6, 6.07) is -1.97. The fourth-order valence-electron chi connectivity index (χ4n) is 1.06. The van der Waals surface area contributed by atoms with E-state index < -0.39 is 27.9 Å². The molecule has 9 heteroatoms. The molecule has 0 radical (unpaired) electrons. The van der Waals surface area contributed by atoms with E-state index in [1.54, 1.807) is 0 Å². The van der Waals surface area contributed by atoms with Crippen molar-refractivity contribution in [1.82, 2.24) is 10.6 Å². The number of amides is 2. The van der Waals surface area contributed by atoms with E-state index >= 15 is 0 Å². The van der Waals surface area contributed by atoms with E-state index in [2.05, 4.69) is 10.6 Å². The minimum Gasteiger partial charge on any atom is -0.480 e. The number of rotatable bonds is 8. The number of carboxylic acids is 1. The summed E-state index contributed by atoms with van der Waals surface area (Å²) in [6.45, 7) is 1.03. The number of hydrogen-bond acceptors (Lipinski definition) is 5. The number of nitrogens with one attached hydrogen (secondary N) is 2. The highest BCUT2D eigenvalue weighted by Crippen LogP contribution is 1.91. The lowest BCUT2D eigenvalue weighted by Crippen LogP contribution is -2.47. The van der Waals surface area contributed by atoms with Gasteiger partial charge in [-0.2, -0.15) is 0 Å². The van der Waals surface area contributed by atoms with Gasteiger partial charge in [-0.1, -0.05) is 6.92 Å². The highest BCUT2D eigenvalue weighted by Gasteiger charge is 2.19. The van der Waals surface area contributed by atoms with Crippen molar-refractivity contribution < 1.29 is 28.2 Å². The monoisotopic (exact) mass is 282 g/mol. The molecule has 8 nitrogen and oxygen atoms in total. The molecule has 0 aromatic heterocycles. The number of carboxylic acid groups (broad SMARTS) is 1. The Bertz CT molecular complexity index is 381. The molecule has 0 aliphatic rings. The molecule has 0 aromatic rings. The molecule has 0 heterocycles. The van der Waals surface area contributed by atoms with Crippen molar-refractivity contribution in [2.24, 2.45) is 0 Å². The fraction of sp³-hybridized carbons (Fsp3) is 0.778. The van der Waals surface area contributed by atoms with Crippen LogP contribution < -0.4 is 10.6 Å². The quantitative estimate of drug-likeness (QED) is 0.431. The van der Waals surface area contributed by atoms with Crippen molar-refractivity contribution in [3.8, 4) is 0 Å². The van der Waals surface area contributed by atoms with Gasteiger partial charge in [-0.3, -0.25) is 0 Å². The molecule has 0 aliphatic carbocycles. The third-order valence-electron chi connectivity index (χ3n) is 2.16. The largest absolute Gasteiger partial charge is 0.480 e. The third-order valence-corrected chi connectivity index (χ3v) is 3.87. The maximum Gasteiger partial charge on any atom is 0.326 e. The van der Waals surface area contributed by atoms with Crippen LogP contribution in [-0.4, -0.2) is 61.3 Å². The van der Waals surface area contributed by atoms with Crippen LogP contribution in [0.1, 0.15) is 13.3 Å². The molecule has 106 valence electrons. The van der Waals surface area contributed by atoms with Crippen LogP contribution in [0.25, 0.3) is 0 Å². The smallest absolute Gasteiger partial charge is 0.326 e. The summed E-state index contributed by atoms with van der Waals surface area (Å²) < 4.78 is 22.2. The molecule has 0 fully saturated rings. The molecule has 2 amide bonds. The molecule has 18 heavy (non-hydrogen) atoms. The highest BCUT2D eigenvalue weighted by atomic mass is 32.2. The molecule has 0 saturated carbocycles. The van der Waals surface area contributed by atoms with Crippen molar-refractivity contribution in [1.29, 1.82) is 0 Å². The number of aliphatic hydroxyl groups is 1. The average Bonchev–Trinajstić information content (AvgIpc) is 2.28. The topological polar surface area (TPSA) is 133 Å². The minimum atomic E-state index is -3.17. The Morgan fingerprint density at radius 2 is 1.94 bits per heavy atom. The Kier molecular flexibility index (Phi) is 7.29. The van der Waals surface area contributed by atoms with Crippen LogP contribution >= 0.6 is 0 Å². The highest BCUT2D eigenvalue weighted by molar-refractivity contribution is 7.91. The molecule has 0 unspecified atom stereocenters. The van der Waals surface area contributed by atoms with Gasteiger partial charge in [0.25, 0.3) is 0 Å². The van der Waals surface area contributed by atoms with Crippen molar-refractivity contribution in [3.05, 3.63) is 0 Å². The lowest BCUT2D eigenvalue weighted by Gasteiger charge is -2.13. The normalized spacial score (nSPS) is 12.8. The number of carbonyl (C=O) groups is 2. The van der Waals surface area contributed by atoms with E-state index in [4.69, 9.17) is 10.2 Å². The van der Waals surface area contributed by atoms with Gasteiger partial charge in [0.05, 0.1) is 5.75 Å². The molecule has 0 spiro atoms. The molecule has 0 rings (SSSR count). The summed E-state index contributed by atoms with van der Waals surface area (Å²) in [5.41, 5.74) is 0. The van der Waals surface area contributed by atoms with Crippen molar-refractivity contribution in [2.45, 2.75) is 19.4 Å². The van der Waals surface area contributed by atoms with Gasteiger partial charge in [-0.15, -0.1) is 0 Å². The van der Waals surface area contributed by atoms with Gasteiger partial charge in [0.2, 0.25) is 0 Å². The maximum atomic E-state index is 11.2. The standard InChI is InChI=1S/C9H18N2O6S/c1-2-18(16,17)6-4-10-9(15)11-7(3-5-12)8(13)14/h7,12H,2-6H2,1H3,(H,13,14)(H2,10,11,15)/t7-/m1/s1. The Labute approximate surface area is 105 Å². The average molecular weight is 282 g/mol. The minimum absolute atomic E-state index is 0.0153. The van der Waals surface area contributed by atoms with Crippen molar-refractivity contribution in [3.63, 3.8) is 0 Å². The predicted molar refractivity (Wildman–Crippen MR) is 64.0 cm³/mol. The number of aliphatic hydroxyl groups excluding tert-OH is 1. The van der Waals surface area contributed by atoms with E-state index in [0.717, 1.165) is 0 Å². The van der Waals surface area contributed by atoms with Crippen LogP contribution in [-0.2, 0) is 14.6 Å². The molecule has 0 bridgehead atoms. The number of carbonyl (C=O) groups excluding carboxylic acids is 1.